The van der Waals surface area contributed by atoms with Crippen LogP contribution < -0.4 is 15.8 Å². The van der Waals surface area contributed by atoms with Gasteiger partial charge in [-0.15, -0.1) is 0 Å². The fourth-order valence-corrected chi connectivity index (χ4v) is 2.42. The van der Waals surface area contributed by atoms with Crippen LogP contribution in [0.4, 0.5) is 5.69 Å². The van der Waals surface area contributed by atoms with Gasteiger partial charge in [0.1, 0.15) is 5.75 Å². The van der Waals surface area contributed by atoms with Crippen molar-refractivity contribution in [3.63, 3.8) is 0 Å². The molecule has 1 aromatic carbocycles. The summed E-state index contributed by atoms with van der Waals surface area (Å²) in [7, 11) is 0. The zero-order valence-corrected chi connectivity index (χ0v) is 10.7. The molecule has 1 saturated carbocycles. The van der Waals surface area contributed by atoms with Crippen molar-refractivity contribution in [1.29, 1.82) is 0 Å². The zero-order chi connectivity index (χ0) is 12.3. The molecule has 1 fully saturated rings. The quantitative estimate of drug-likeness (QED) is 0.842. The number of benzene rings is 1. The lowest BCUT2D eigenvalue weighted by molar-refractivity contribution is 0.340. The van der Waals surface area contributed by atoms with E-state index in [9.17, 15) is 0 Å². The normalized spacial score (nSPS) is 23.7. The van der Waals surface area contributed by atoms with Gasteiger partial charge in [-0.25, -0.2) is 0 Å². The van der Waals surface area contributed by atoms with E-state index in [2.05, 4.69) is 24.4 Å². The lowest BCUT2D eigenvalue weighted by atomic mass is 10.1. The highest BCUT2D eigenvalue weighted by atomic mass is 16.5. The molecule has 1 aliphatic carbocycles. The van der Waals surface area contributed by atoms with Gasteiger partial charge in [0.25, 0.3) is 0 Å². The molecule has 0 saturated heterocycles. The fourth-order valence-electron chi connectivity index (χ4n) is 2.42. The van der Waals surface area contributed by atoms with Crippen LogP contribution in [0.2, 0.25) is 0 Å². The number of rotatable bonds is 4. The van der Waals surface area contributed by atoms with Gasteiger partial charge in [0.15, 0.2) is 0 Å². The van der Waals surface area contributed by atoms with Crippen LogP contribution in [-0.4, -0.2) is 18.7 Å². The number of hydrogen-bond donors (Lipinski definition) is 2. The molecular weight excluding hydrogens is 212 g/mol. The molecule has 0 amide bonds. The fraction of sp³-hybridized carbons (Fsp3) is 0.571. The summed E-state index contributed by atoms with van der Waals surface area (Å²) in [5.41, 5.74) is 8.35. The van der Waals surface area contributed by atoms with Crippen LogP contribution >= 0.6 is 0 Å². The van der Waals surface area contributed by atoms with E-state index in [-0.39, 0.29) is 0 Å². The summed E-state index contributed by atoms with van der Waals surface area (Å²) in [5, 5.41) is 3.57. The SMILES string of the molecule is CCOc1ccc(NC2CCC(N)C2)c(C)c1. The summed E-state index contributed by atoms with van der Waals surface area (Å²) in [4.78, 5) is 0. The van der Waals surface area contributed by atoms with Gasteiger partial charge >= 0.3 is 0 Å². The van der Waals surface area contributed by atoms with Gasteiger partial charge in [-0.1, -0.05) is 0 Å². The van der Waals surface area contributed by atoms with Gasteiger partial charge in [-0.05, 0) is 56.9 Å². The Kier molecular flexibility index (Phi) is 3.89. The summed E-state index contributed by atoms with van der Waals surface area (Å²) in [6.45, 7) is 4.82. The molecule has 3 N–H and O–H groups in total. The average Bonchev–Trinajstić information content (AvgIpc) is 2.69. The van der Waals surface area contributed by atoms with Crippen molar-refractivity contribution < 1.29 is 4.74 Å². The molecule has 1 aromatic rings. The highest BCUT2D eigenvalue weighted by molar-refractivity contribution is 5.54. The molecule has 3 heteroatoms. The van der Waals surface area contributed by atoms with E-state index in [1.165, 1.54) is 17.7 Å². The van der Waals surface area contributed by atoms with Crippen molar-refractivity contribution in [2.75, 3.05) is 11.9 Å². The number of nitrogens with one attached hydrogen (secondary N) is 1. The number of ether oxygens (including phenoxy) is 1. The first-order valence-electron chi connectivity index (χ1n) is 6.44. The summed E-state index contributed by atoms with van der Waals surface area (Å²) in [6.07, 6.45) is 3.38. The average molecular weight is 234 g/mol. The number of aryl methyl sites for hydroxylation is 1. The Labute approximate surface area is 103 Å². The van der Waals surface area contributed by atoms with Crippen molar-refractivity contribution in [2.24, 2.45) is 5.73 Å². The first-order valence-corrected chi connectivity index (χ1v) is 6.44. The molecule has 0 spiro atoms. The van der Waals surface area contributed by atoms with Gasteiger partial charge in [-0.3, -0.25) is 0 Å². The van der Waals surface area contributed by atoms with E-state index in [4.69, 9.17) is 10.5 Å². The van der Waals surface area contributed by atoms with Crippen LogP contribution in [-0.2, 0) is 0 Å². The minimum Gasteiger partial charge on any atom is -0.494 e. The van der Waals surface area contributed by atoms with Gasteiger partial charge in [0, 0.05) is 17.8 Å². The number of anilines is 1. The standard InChI is InChI=1S/C14H22N2O/c1-3-17-13-6-7-14(10(2)8-13)16-12-5-4-11(15)9-12/h6-8,11-12,16H,3-5,9,15H2,1-2H3. The minimum absolute atomic E-state index is 0.371. The molecule has 0 aliphatic heterocycles. The van der Waals surface area contributed by atoms with Crippen LogP contribution in [0.1, 0.15) is 31.7 Å². The Morgan fingerprint density at radius 3 is 2.82 bits per heavy atom. The van der Waals surface area contributed by atoms with E-state index in [0.717, 1.165) is 18.6 Å². The maximum Gasteiger partial charge on any atom is 0.119 e. The highest BCUT2D eigenvalue weighted by Gasteiger charge is 2.21. The van der Waals surface area contributed by atoms with Crippen LogP contribution in [0.15, 0.2) is 18.2 Å². The van der Waals surface area contributed by atoms with Crippen LogP contribution in [0.3, 0.4) is 0 Å². The predicted octanol–water partition coefficient (Wildman–Crippen LogP) is 2.69. The molecule has 2 unspecified atom stereocenters. The molecule has 0 radical (unpaired) electrons. The van der Waals surface area contributed by atoms with Crippen molar-refractivity contribution in [2.45, 2.75) is 45.2 Å². The Hall–Kier alpha value is -1.22. The lowest BCUT2D eigenvalue weighted by Crippen LogP contribution is -2.21. The first-order chi connectivity index (χ1) is 8.19. The van der Waals surface area contributed by atoms with Gasteiger partial charge in [0.05, 0.1) is 6.61 Å². The summed E-state index contributed by atoms with van der Waals surface area (Å²) < 4.78 is 5.48. The molecule has 2 atom stereocenters. The topological polar surface area (TPSA) is 47.3 Å². The van der Waals surface area contributed by atoms with Crippen molar-refractivity contribution in [1.82, 2.24) is 0 Å². The second-order valence-electron chi connectivity index (χ2n) is 4.82. The number of nitrogens with two attached hydrogens (primary N) is 1. The summed E-state index contributed by atoms with van der Waals surface area (Å²) in [5.74, 6) is 0.943. The van der Waals surface area contributed by atoms with Crippen LogP contribution in [0.5, 0.6) is 5.75 Å². The number of hydrogen-bond acceptors (Lipinski definition) is 3. The van der Waals surface area contributed by atoms with E-state index in [1.807, 2.05) is 13.0 Å². The maximum absolute atomic E-state index is 5.92. The molecule has 17 heavy (non-hydrogen) atoms. The zero-order valence-electron chi connectivity index (χ0n) is 10.7. The maximum atomic E-state index is 5.92. The van der Waals surface area contributed by atoms with Crippen LogP contribution in [0.25, 0.3) is 0 Å². The molecule has 2 rings (SSSR count). The van der Waals surface area contributed by atoms with Gasteiger partial charge < -0.3 is 15.8 Å². The Balaban J connectivity index is 2.01. The lowest BCUT2D eigenvalue weighted by Gasteiger charge is -2.16. The predicted molar refractivity (Wildman–Crippen MR) is 71.6 cm³/mol. The van der Waals surface area contributed by atoms with E-state index in [1.54, 1.807) is 0 Å². The minimum atomic E-state index is 0.371. The van der Waals surface area contributed by atoms with Crippen LogP contribution in [0, 0.1) is 6.92 Å². The molecule has 3 nitrogen and oxygen atoms in total. The molecule has 1 aliphatic rings. The Bertz CT molecular complexity index is 378. The van der Waals surface area contributed by atoms with Gasteiger partial charge in [0.2, 0.25) is 0 Å². The smallest absolute Gasteiger partial charge is 0.119 e. The van der Waals surface area contributed by atoms with Crippen molar-refractivity contribution >= 4 is 5.69 Å². The van der Waals surface area contributed by atoms with E-state index < -0.39 is 0 Å². The first kappa shape index (κ1) is 12.2. The highest BCUT2D eigenvalue weighted by Crippen LogP contribution is 2.26. The third-order valence-electron chi connectivity index (χ3n) is 3.34. The van der Waals surface area contributed by atoms with E-state index >= 15 is 0 Å². The van der Waals surface area contributed by atoms with Gasteiger partial charge in [-0.2, -0.15) is 0 Å². The summed E-state index contributed by atoms with van der Waals surface area (Å²) in [6, 6.07) is 7.11. The Morgan fingerprint density at radius 2 is 2.24 bits per heavy atom. The summed E-state index contributed by atoms with van der Waals surface area (Å²) >= 11 is 0. The molecular formula is C14H22N2O. The Morgan fingerprint density at radius 1 is 1.41 bits per heavy atom. The van der Waals surface area contributed by atoms with E-state index in [0.29, 0.717) is 18.7 Å². The molecule has 0 aromatic heterocycles. The second-order valence-corrected chi connectivity index (χ2v) is 4.82. The third kappa shape index (κ3) is 3.13. The molecule has 0 bridgehead atoms. The van der Waals surface area contributed by atoms with Crippen molar-refractivity contribution in [3.05, 3.63) is 23.8 Å². The second kappa shape index (κ2) is 5.41. The molecule has 0 heterocycles. The molecule has 94 valence electrons. The third-order valence-corrected chi connectivity index (χ3v) is 3.34. The van der Waals surface area contributed by atoms with Crippen molar-refractivity contribution in [3.8, 4) is 5.75 Å². The largest absolute Gasteiger partial charge is 0.494 e. The monoisotopic (exact) mass is 234 g/mol.